The van der Waals surface area contributed by atoms with Gasteiger partial charge in [-0.3, -0.25) is 0 Å². The Morgan fingerprint density at radius 2 is 2.28 bits per heavy atom. The molecule has 0 bridgehead atoms. The molecule has 0 aliphatic rings. The standard InChI is InChI=1S/C13H14N4O/c1-9-16-12-5-10(3-4-13(12)18-9)15-7-11-6-14-8-17(11)2/h3-6,8,15H,7H2,1-2H3. The maximum Gasteiger partial charge on any atom is 0.192 e. The molecular formula is C13H14N4O. The van der Waals surface area contributed by atoms with E-state index in [1.165, 1.54) is 0 Å². The van der Waals surface area contributed by atoms with E-state index < -0.39 is 0 Å². The molecule has 92 valence electrons. The van der Waals surface area contributed by atoms with E-state index in [0.717, 1.165) is 29.0 Å². The van der Waals surface area contributed by atoms with Gasteiger partial charge < -0.3 is 14.3 Å². The van der Waals surface area contributed by atoms with Crippen molar-refractivity contribution in [3.63, 3.8) is 0 Å². The van der Waals surface area contributed by atoms with Crippen molar-refractivity contribution in [1.29, 1.82) is 0 Å². The number of aromatic nitrogens is 3. The number of aryl methyl sites for hydroxylation is 2. The van der Waals surface area contributed by atoms with E-state index in [2.05, 4.69) is 15.3 Å². The molecule has 5 heteroatoms. The fourth-order valence-electron chi connectivity index (χ4n) is 1.90. The number of hydrogen-bond donors (Lipinski definition) is 1. The fourth-order valence-corrected chi connectivity index (χ4v) is 1.90. The summed E-state index contributed by atoms with van der Waals surface area (Å²) < 4.78 is 7.43. The van der Waals surface area contributed by atoms with Crippen LogP contribution in [0.5, 0.6) is 0 Å². The van der Waals surface area contributed by atoms with E-state index in [1.807, 2.05) is 42.9 Å². The molecule has 3 aromatic rings. The van der Waals surface area contributed by atoms with Crippen LogP contribution in [0, 0.1) is 6.92 Å². The van der Waals surface area contributed by atoms with Gasteiger partial charge in [0.25, 0.3) is 0 Å². The van der Waals surface area contributed by atoms with Crippen molar-refractivity contribution in [2.24, 2.45) is 7.05 Å². The first-order chi connectivity index (χ1) is 8.72. The van der Waals surface area contributed by atoms with E-state index in [4.69, 9.17) is 4.42 Å². The zero-order chi connectivity index (χ0) is 12.5. The molecule has 2 aromatic heterocycles. The lowest BCUT2D eigenvalue weighted by Gasteiger charge is -2.06. The van der Waals surface area contributed by atoms with Crippen molar-refractivity contribution in [3.05, 3.63) is 42.3 Å². The maximum atomic E-state index is 5.44. The molecule has 0 saturated heterocycles. The Bertz CT molecular complexity index is 683. The van der Waals surface area contributed by atoms with Gasteiger partial charge in [-0.05, 0) is 18.2 Å². The highest BCUT2D eigenvalue weighted by Gasteiger charge is 2.03. The van der Waals surface area contributed by atoms with Crippen LogP contribution >= 0.6 is 0 Å². The Morgan fingerprint density at radius 3 is 3.06 bits per heavy atom. The third-order valence-corrected chi connectivity index (χ3v) is 2.88. The second-order valence-corrected chi connectivity index (χ2v) is 4.26. The third-order valence-electron chi connectivity index (χ3n) is 2.88. The summed E-state index contributed by atoms with van der Waals surface area (Å²) in [6.45, 7) is 2.58. The number of anilines is 1. The van der Waals surface area contributed by atoms with E-state index in [-0.39, 0.29) is 0 Å². The Morgan fingerprint density at radius 1 is 1.39 bits per heavy atom. The van der Waals surface area contributed by atoms with Crippen molar-refractivity contribution >= 4 is 16.8 Å². The third kappa shape index (κ3) is 1.95. The number of hydrogen-bond acceptors (Lipinski definition) is 4. The lowest BCUT2D eigenvalue weighted by molar-refractivity contribution is 0.561. The van der Waals surface area contributed by atoms with Crippen LogP contribution in [-0.4, -0.2) is 14.5 Å². The van der Waals surface area contributed by atoms with Gasteiger partial charge in [0.05, 0.1) is 18.6 Å². The van der Waals surface area contributed by atoms with Gasteiger partial charge in [-0.15, -0.1) is 0 Å². The van der Waals surface area contributed by atoms with Gasteiger partial charge >= 0.3 is 0 Å². The molecule has 0 saturated carbocycles. The SMILES string of the molecule is Cc1nc2cc(NCc3cncn3C)ccc2o1. The van der Waals surface area contributed by atoms with Crippen LogP contribution in [0.25, 0.3) is 11.1 Å². The summed E-state index contributed by atoms with van der Waals surface area (Å²) in [7, 11) is 1.98. The van der Waals surface area contributed by atoms with Crippen LogP contribution in [0.15, 0.2) is 35.1 Å². The monoisotopic (exact) mass is 242 g/mol. The van der Waals surface area contributed by atoms with E-state index in [9.17, 15) is 0 Å². The molecule has 0 amide bonds. The molecule has 0 aliphatic heterocycles. The van der Waals surface area contributed by atoms with E-state index in [0.29, 0.717) is 5.89 Å². The number of imidazole rings is 1. The quantitative estimate of drug-likeness (QED) is 0.766. The number of fused-ring (bicyclic) bond motifs is 1. The van der Waals surface area contributed by atoms with E-state index in [1.54, 1.807) is 6.33 Å². The number of rotatable bonds is 3. The summed E-state index contributed by atoms with van der Waals surface area (Å²) in [5.41, 5.74) is 3.85. The molecule has 0 spiro atoms. The smallest absolute Gasteiger partial charge is 0.192 e. The topological polar surface area (TPSA) is 55.9 Å². The first kappa shape index (κ1) is 10.8. The first-order valence-corrected chi connectivity index (χ1v) is 5.78. The van der Waals surface area contributed by atoms with Gasteiger partial charge in [0.1, 0.15) is 5.52 Å². The van der Waals surface area contributed by atoms with Gasteiger partial charge in [0.2, 0.25) is 0 Å². The molecule has 0 fully saturated rings. The van der Waals surface area contributed by atoms with Crippen LogP contribution in [-0.2, 0) is 13.6 Å². The van der Waals surface area contributed by atoms with Crippen molar-refractivity contribution in [1.82, 2.24) is 14.5 Å². The largest absolute Gasteiger partial charge is 0.441 e. The van der Waals surface area contributed by atoms with Gasteiger partial charge in [-0.2, -0.15) is 0 Å². The Balaban J connectivity index is 1.80. The number of nitrogens with zero attached hydrogens (tertiary/aromatic N) is 3. The molecule has 0 atom stereocenters. The zero-order valence-corrected chi connectivity index (χ0v) is 10.3. The Kier molecular flexibility index (Phi) is 2.51. The van der Waals surface area contributed by atoms with Crippen LogP contribution in [0.3, 0.4) is 0 Å². The van der Waals surface area contributed by atoms with E-state index >= 15 is 0 Å². The molecule has 5 nitrogen and oxygen atoms in total. The molecule has 1 aromatic carbocycles. The predicted molar refractivity (Wildman–Crippen MR) is 69.3 cm³/mol. The highest BCUT2D eigenvalue weighted by atomic mass is 16.3. The lowest BCUT2D eigenvalue weighted by atomic mass is 10.3. The Labute approximate surface area is 104 Å². The second-order valence-electron chi connectivity index (χ2n) is 4.26. The molecule has 3 rings (SSSR count). The fraction of sp³-hybridized carbons (Fsp3) is 0.231. The normalized spacial score (nSPS) is 11.0. The van der Waals surface area contributed by atoms with Crippen molar-refractivity contribution < 1.29 is 4.42 Å². The Hall–Kier alpha value is -2.30. The summed E-state index contributed by atoms with van der Waals surface area (Å²) in [6, 6.07) is 5.91. The van der Waals surface area contributed by atoms with Gasteiger partial charge in [-0.25, -0.2) is 9.97 Å². The van der Waals surface area contributed by atoms with Crippen LogP contribution in [0.1, 0.15) is 11.6 Å². The van der Waals surface area contributed by atoms with Crippen molar-refractivity contribution in [3.8, 4) is 0 Å². The van der Waals surface area contributed by atoms with Gasteiger partial charge in [0, 0.05) is 25.9 Å². The number of nitrogens with one attached hydrogen (secondary N) is 1. The van der Waals surface area contributed by atoms with Gasteiger partial charge in [0.15, 0.2) is 11.5 Å². The molecular weight excluding hydrogens is 228 g/mol. The summed E-state index contributed by atoms with van der Waals surface area (Å²) in [5, 5.41) is 3.35. The summed E-state index contributed by atoms with van der Waals surface area (Å²) in [4.78, 5) is 8.40. The molecule has 1 N–H and O–H groups in total. The minimum Gasteiger partial charge on any atom is -0.441 e. The zero-order valence-electron chi connectivity index (χ0n) is 10.3. The maximum absolute atomic E-state index is 5.44. The molecule has 2 heterocycles. The highest BCUT2D eigenvalue weighted by Crippen LogP contribution is 2.20. The average Bonchev–Trinajstić information content (AvgIpc) is 2.90. The van der Waals surface area contributed by atoms with Crippen LogP contribution < -0.4 is 5.32 Å². The first-order valence-electron chi connectivity index (χ1n) is 5.78. The minimum absolute atomic E-state index is 0.689. The van der Waals surface area contributed by atoms with Gasteiger partial charge in [-0.1, -0.05) is 0 Å². The molecule has 0 aliphatic carbocycles. The number of oxazole rings is 1. The van der Waals surface area contributed by atoms with Crippen LogP contribution in [0.2, 0.25) is 0 Å². The summed E-state index contributed by atoms with van der Waals surface area (Å²) in [6.07, 6.45) is 3.65. The molecule has 0 unspecified atom stereocenters. The number of benzene rings is 1. The lowest BCUT2D eigenvalue weighted by Crippen LogP contribution is -2.03. The average molecular weight is 242 g/mol. The second kappa shape index (κ2) is 4.18. The van der Waals surface area contributed by atoms with Crippen molar-refractivity contribution in [2.45, 2.75) is 13.5 Å². The summed E-state index contributed by atoms with van der Waals surface area (Å²) in [5.74, 6) is 0.689. The molecule has 18 heavy (non-hydrogen) atoms. The highest BCUT2D eigenvalue weighted by molar-refractivity contribution is 5.77. The van der Waals surface area contributed by atoms with Crippen LogP contribution in [0.4, 0.5) is 5.69 Å². The molecule has 0 radical (unpaired) electrons. The minimum atomic E-state index is 0.689. The predicted octanol–water partition coefficient (Wildman–Crippen LogP) is 2.48. The summed E-state index contributed by atoms with van der Waals surface area (Å²) >= 11 is 0. The van der Waals surface area contributed by atoms with Crippen molar-refractivity contribution in [2.75, 3.05) is 5.32 Å².